The van der Waals surface area contributed by atoms with Crippen molar-refractivity contribution in [1.29, 1.82) is 0 Å². The molecule has 0 spiro atoms. The van der Waals surface area contributed by atoms with Crippen molar-refractivity contribution in [2.75, 3.05) is 0 Å². The second-order valence-electron chi connectivity index (χ2n) is 6.48. The van der Waals surface area contributed by atoms with Gasteiger partial charge in [-0.25, -0.2) is 9.79 Å². The van der Waals surface area contributed by atoms with Gasteiger partial charge in [0, 0.05) is 17.2 Å². The molecule has 1 aliphatic heterocycles. The number of aryl methyl sites for hydroxylation is 1. The molecule has 1 aliphatic rings. The summed E-state index contributed by atoms with van der Waals surface area (Å²) < 4.78 is 49.5. The van der Waals surface area contributed by atoms with E-state index >= 15 is 0 Å². The number of rotatable bonds is 3. The molecule has 4 rings (SSSR count). The van der Waals surface area contributed by atoms with Crippen LogP contribution < -0.4 is 0 Å². The summed E-state index contributed by atoms with van der Waals surface area (Å²) in [5, 5.41) is 0. The number of cyclic esters (lactones) is 1. The molecular formula is C22H14F3NO3. The van der Waals surface area contributed by atoms with Gasteiger partial charge in [0.25, 0.3) is 0 Å². The van der Waals surface area contributed by atoms with Crippen molar-refractivity contribution in [2.24, 2.45) is 4.99 Å². The monoisotopic (exact) mass is 397 g/mol. The number of esters is 1. The number of furan rings is 1. The van der Waals surface area contributed by atoms with Gasteiger partial charge >= 0.3 is 12.1 Å². The van der Waals surface area contributed by atoms with Gasteiger partial charge in [-0.2, -0.15) is 13.2 Å². The predicted octanol–water partition coefficient (Wildman–Crippen LogP) is 5.62. The fourth-order valence-corrected chi connectivity index (χ4v) is 2.80. The maximum Gasteiger partial charge on any atom is 0.416 e. The standard InChI is InChI=1S/C22H14F3NO3/c1-13-5-7-14(8-6-13)20-26-18(21(27)29-20)12-17-9-10-19(28-17)15-3-2-4-16(11-15)22(23,24)25/h2-12H,1H3/b18-12-. The van der Waals surface area contributed by atoms with Crippen LogP contribution in [0.2, 0.25) is 0 Å². The van der Waals surface area contributed by atoms with Crippen LogP contribution in [-0.2, 0) is 15.7 Å². The molecule has 0 bridgehead atoms. The first-order valence-electron chi connectivity index (χ1n) is 8.67. The Morgan fingerprint density at radius 2 is 1.72 bits per heavy atom. The van der Waals surface area contributed by atoms with E-state index in [1.807, 2.05) is 19.1 Å². The smallest absolute Gasteiger partial charge is 0.416 e. The lowest BCUT2D eigenvalue weighted by molar-refractivity contribution is -0.137. The van der Waals surface area contributed by atoms with Gasteiger partial charge in [-0.05, 0) is 43.3 Å². The van der Waals surface area contributed by atoms with Gasteiger partial charge < -0.3 is 9.15 Å². The number of alkyl halides is 3. The SMILES string of the molecule is Cc1ccc(C2=N/C(=C\c3ccc(-c4cccc(C(F)(F)F)c4)o3)C(=O)O2)cc1. The molecule has 3 aromatic rings. The minimum absolute atomic E-state index is 0.0468. The van der Waals surface area contributed by atoms with Crippen LogP contribution in [0.15, 0.2) is 75.8 Å². The average molecular weight is 397 g/mol. The van der Waals surface area contributed by atoms with Crippen molar-refractivity contribution in [1.82, 2.24) is 0 Å². The summed E-state index contributed by atoms with van der Waals surface area (Å²) in [6, 6.07) is 15.3. The van der Waals surface area contributed by atoms with Crippen molar-refractivity contribution in [2.45, 2.75) is 13.1 Å². The van der Waals surface area contributed by atoms with E-state index in [0.717, 1.165) is 17.7 Å². The molecule has 2 heterocycles. The van der Waals surface area contributed by atoms with Gasteiger partial charge in [0.05, 0.1) is 5.56 Å². The number of hydrogen-bond acceptors (Lipinski definition) is 4. The summed E-state index contributed by atoms with van der Waals surface area (Å²) in [5.41, 5.74) is 1.29. The Morgan fingerprint density at radius 1 is 0.966 bits per heavy atom. The molecule has 1 aromatic heterocycles. The summed E-state index contributed by atoms with van der Waals surface area (Å²) in [6.07, 6.45) is -3.05. The Hall–Kier alpha value is -3.61. The third-order valence-corrected chi connectivity index (χ3v) is 4.30. The van der Waals surface area contributed by atoms with E-state index in [-0.39, 0.29) is 28.7 Å². The van der Waals surface area contributed by atoms with Crippen molar-refractivity contribution < 1.29 is 27.1 Å². The zero-order valence-corrected chi connectivity index (χ0v) is 15.2. The van der Waals surface area contributed by atoms with Crippen LogP contribution in [0.1, 0.15) is 22.5 Å². The maximum atomic E-state index is 12.9. The second kappa shape index (κ2) is 7.09. The van der Waals surface area contributed by atoms with Crippen LogP contribution in [0.25, 0.3) is 17.4 Å². The van der Waals surface area contributed by atoms with E-state index in [9.17, 15) is 18.0 Å². The molecule has 4 nitrogen and oxygen atoms in total. The highest BCUT2D eigenvalue weighted by Crippen LogP contribution is 2.33. The van der Waals surface area contributed by atoms with Gasteiger partial charge in [-0.1, -0.05) is 29.8 Å². The molecule has 7 heteroatoms. The summed E-state index contributed by atoms with van der Waals surface area (Å²) in [5.74, 6) is 0.0822. The minimum Gasteiger partial charge on any atom is -0.457 e. The highest BCUT2D eigenvalue weighted by Gasteiger charge is 2.30. The molecule has 0 saturated heterocycles. The maximum absolute atomic E-state index is 12.9. The Labute approximate surface area is 164 Å². The molecule has 0 unspecified atom stereocenters. The first-order valence-corrected chi connectivity index (χ1v) is 8.67. The van der Waals surface area contributed by atoms with E-state index in [0.29, 0.717) is 5.56 Å². The lowest BCUT2D eigenvalue weighted by Crippen LogP contribution is -2.05. The van der Waals surface area contributed by atoms with Gasteiger partial charge in [0.15, 0.2) is 5.70 Å². The zero-order chi connectivity index (χ0) is 20.6. The van der Waals surface area contributed by atoms with E-state index < -0.39 is 17.7 Å². The summed E-state index contributed by atoms with van der Waals surface area (Å²) in [7, 11) is 0. The number of halogens is 3. The van der Waals surface area contributed by atoms with E-state index in [2.05, 4.69) is 4.99 Å². The molecular weight excluding hydrogens is 383 g/mol. The first-order chi connectivity index (χ1) is 13.8. The van der Waals surface area contributed by atoms with Crippen LogP contribution in [0, 0.1) is 6.92 Å². The number of benzene rings is 2. The molecule has 0 saturated carbocycles. The number of hydrogen-bond donors (Lipinski definition) is 0. The number of nitrogens with zero attached hydrogens (tertiary/aromatic N) is 1. The lowest BCUT2D eigenvalue weighted by atomic mass is 10.1. The predicted molar refractivity (Wildman–Crippen MR) is 101 cm³/mol. The third kappa shape index (κ3) is 3.99. The Kier molecular flexibility index (Phi) is 4.58. The van der Waals surface area contributed by atoms with E-state index in [1.54, 1.807) is 18.2 Å². The topological polar surface area (TPSA) is 51.8 Å². The molecule has 0 atom stereocenters. The quantitative estimate of drug-likeness (QED) is 0.426. The van der Waals surface area contributed by atoms with Crippen molar-refractivity contribution in [3.63, 3.8) is 0 Å². The number of carbonyl (C=O) groups excluding carboxylic acids is 1. The first kappa shape index (κ1) is 18.7. The van der Waals surface area contributed by atoms with Gasteiger partial charge in [0.2, 0.25) is 5.90 Å². The lowest BCUT2D eigenvalue weighted by Gasteiger charge is -2.07. The molecule has 2 aromatic carbocycles. The van der Waals surface area contributed by atoms with Gasteiger partial charge in [-0.3, -0.25) is 0 Å². The number of carbonyl (C=O) groups is 1. The average Bonchev–Trinajstić information content (AvgIpc) is 3.29. The fourth-order valence-electron chi connectivity index (χ4n) is 2.80. The minimum atomic E-state index is -4.44. The van der Waals surface area contributed by atoms with Gasteiger partial charge in [-0.15, -0.1) is 0 Å². The summed E-state index contributed by atoms with van der Waals surface area (Å²) >= 11 is 0. The van der Waals surface area contributed by atoms with Crippen LogP contribution >= 0.6 is 0 Å². The summed E-state index contributed by atoms with van der Waals surface area (Å²) in [4.78, 5) is 16.3. The van der Waals surface area contributed by atoms with Crippen LogP contribution in [0.4, 0.5) is 13.2 Å². The normalized spacial score (nSPS) is 15.5. The van der Waals surface area contributed by atoms with Crippen molar-refractivity contribution in [3.05, 3.63) is 88.8 Å². The molecule has 146 valence electrons. The van der Waals surface area contributed by atoms with Crippen LogP contribution in [0.5, 0.6) is 0 Å². The van der Waals surface area contributed by atoms with E-state index in [1.165, 1.54) is 24.3 Å². The molecule has 0 radical (unpaired) electrons. The Morgan fingerprint density at radius 3 is 2.45 bits per heavy atom. The number of ether oxygens (including phenoxy) is 1. The van der Waals surface area contributed by atoms with Crippen LogP contribution in [0.3, 0.4) is 0 Å². The van der Waals surface area contributed by atoms with E-state index in [4.69, 9.17) is 9.15 Å². The molecule has 0 fully saturated rings. The zero-order valence-electron chi connectivity index (χ0n) is 15.2. The van der Waals surface area contributed by atoms with Crippen molar-refractivity contribution in [3.8, 4) is 11.3 Å². The molecule has 29 heavy (non-hydrogen) atoms. The fraction of sp³-hybridized carbons (Fsp3) is 0.0909. The van der Waals surface area contributed by atoms with Gasteiger partial charge in [0.1, 0.15) is 11.5 Å². The third-order valence-electron chi connectivity index (χ3n) is 4.30. The number of aliphatic imine (C=N–C) groups is 1. The molecule has 0 amide bonds. The Bertz CT molecular complexity index is 1140. The summed E-state index contributed by atoms with van der Waals surface area (Å²) in [6.45, 7) is 1.94. The largest absolute Gasteiger partial charge is 0.457 e. The second-order valence-corrected chi connectivity index (χ2v) is 6.48. The van der Waals surface area contributed by atoms with Crippen molar-refractivity contribution >= 4 is 17.9 Å². The van der Waals surface area contributed by atoms with Crippen LogP contribution in [-0.4, -0.2) is 11.9 Å². The highest BCUT2D eigenvalue weighted by molar-refractivity contribution is 6.12. The molecule has 0 N–H and O–H groups in total. The Balaban J connectivity index is 1.61. The molecule has 0 aliphatic carbocycles. The highest BCUT2D eigenvalue weighted by atomic mass is 19.4.